The van der Waals surface area contributed by atoms with Crippen LogP contribution in [0.25, 0.3) is 11.0 Å². The number of carboxylic acid groups (broad SMARTS) is 1. The van der Waals surface area contributed by atoms with Gasteiger partial charge in [-0.1, -0.05) is 0 Å². The van der Waals surface area contributed by atoms with E-state index in [0.717, 1.165) is 22.2 Å². The fourth-order valence-electron chi connectivity index (χ4n) is 2.23. The molecule has 1 aromatic carbocycles. The molecular weight excluding hydrogens is 256 g/mol. The van der Waals surface area contributed by atoms with E-state index in [0.29, 0.717) is 5.82 Å². The van der Waals surface area contributed by atoms with Gasteiger partial charge in [0.05, 0.1) is 11.0 Å². The minimum atomic E-state index is -0.893. The molecule has 0 bridgehead atoms. The minimum absolute atomic E-state index is 0.124. The summed E-state index contributed by atoms with van der Waals surface area (Å²) in [6, 6.07) is 3.97. The van der Waals surface area contributed by atoms with Gasteiger partial charge in [0, 0.05) is 7.11 Å². The molecule has 0 aliphatic rings. The highest BCUT2D eigenvalue weighted by atomic mass is 16.5. The summed E-state index contributed by atoms with van der Waals surface area (Å²) in [5.41, 5.74) is 3.24. The fraction of sp³-hybridized carbons (Fsp3) is 0.467. The third kappa shape index (κ3) is 2.41. The summed E-state index contributed by atoms with van der Waals surface area (Å²) in [6.07, 6.45) is 0. The van der Waals surface area contributed by atoms with Crippen LogP contribution in [0.15, 0.2) is 12.1 Å². The van der Waals surface area contributed by atoms with E-state index < -0.39 is 11.6 Å². The summed E-state index contributed by atoms with van der Waals surface area (Å²) in [4.78, 5) is 15.7. The van der Waals surface area contributed by atoms with E-state index in [9.17, 15) is 4.79 Å². The van der Waals surface area contributed by atoms with Gasteiger partial charge in [0.15, 0.2) is 0 Å². The summed E-state index contributed by atoms with van der Waals surface area (Å²) in [5.74, 6) is -0.266. The monoisotopic (exact) mass is 276 g/mol. The first-order valence-corrected chi connectivity index (χ1v) is 6.51. The highest BCUT2D eigenvalue weighted by Gasteiger charge is 2.28. The molecule has 0 saturated heterocycles. The number of fused-ring (bicyclic) bond motifs is 1. The molecule has 1 aromatic heterocycles. The predicted octanol–water partition coefficient (Wildman–Crippen LogP) is 2.62. The van der Waals surface area contributed by atoms with Crippen molar-refractivity contribution < 1.29 is 14.6 Å². The van der Waals surface area contributed by atoms with Crippen LogP contribution < -0.4 is 0 Å². The quantitative estimate of drug-likeness (QED) is 0.932. The van der Waals surface area contributed by atoms with E-state index in [-0.39, 0.29) is 6.54 Å². The molecule has 108 valence electrons. The van der Waals surface area contributed by atoms with Crippen LogP contribution in [0.4, 0.5) is 0 Å². The SMILES string of the molecule is COC(C)(C)c1nc2cc(C)c(C)cc2n1CC(=O)O. The summed E-state index contributed by atoms with van der Waals surface area (Å²) < 4.78 is 7.18. The molecule has 20 heavy (non-hydrogen) atoms. The Bertz CT molecular complexity index is 671. The van der Waals surface area contributed by atoms with E-state index in [1.165, 1.54) is 0 Å². The predicted molar refractivity (Wildman–Crippen MR) is 76.9 cm³/mol. The fourth-order valence-corrected chi connectivity index (χ4v) is 2.23. The smallest absolute Gasteiger partial charge is 0.323 e. The van der Waals surface area contributed by atoms with Gasteiger partial charge in [-0.3, -0.25) is 4.79 Å². The summed E-state index contributed by atoms with van der Waals surface area (Å²) >= 11 is 0. The number of rotatable bonds is 4. The van der Waals surface area contributed by atoms with Crippen molar-refractivity contribution in [3.8, 4) is 0 Å². The lowest BCUT2D eigenvalue weighted by Gasteiger charge is -2.23. The van der Waals surface area contributed by atoms with Gasteiger partial charge in [-0.05, 0) is 51.0 Å². The number of hydrogen-bond acceptors (Lipinski definition) is 3. The van der Waals surface area contributed by atoms with Crippen LogP contribution in [0.5, 0.6) is 0 Å². The summed E-state index contributed by atoms with van der Waals surface area (Å²) in [6.45, 7) is 7.67. The third-order valence-electron chi connectivity index (χ3n) is 3.71. The van der Waals surface area contributed by atoms with Crippen LogP contribution in [-0.4, -0.2) is 27.7 Å². The van der Waals surface area contributed by atoms with Crippen molar-refractivity contribution in [3.63, 3.8) is 0 Å². The van der Waals surface area contributed by atoms with Gasteiger partial charge >= 0.3 is 5.97 Å². The van der Waals surface area contributed by atoms with Crippen LogP contribution in [0.2, 0.25) is 0 Å². The number of hydrogen-bond donors (Lipinski definition) is 1. The van der Waals surface area contributed by atoms with E-state index in [2.05, 4.69) is 4.98 Å². The van der Waals surface area contributed by atoms with Gasteiger partial charge in [-0.25, -0.2) is 4.98 Å². The second-order valence-electron chi connectivity index (χ2n) is 5.55. The van der Waals surface area contributed by atoms with E-state index in [1.807, 2.05) is 39.8 Å². The molecule has 0 unspecified atom stereocenters. The van der Waals surface area contributed by atoms with Crippen molar-refractivity contribution in [2.45, 2.75) is 39.8 Å². The molecule has 2 rings (SSSR count). The first-order chi connectivity index (χ1) is 9.26. The number of ether oxygens (including phenoxy) is 1. The van der Waals surface area contributed by atoms with Gasteiger partial charge in [-0.15, -0.1) is 0 Å². The van der Waals surface area contributed by atoms with Crippen molar-refractivity contribution in [2.75, 3.05) is 7.11 Å². The largest absolute Gasteiger partial charge is 0.480 e. The Morgan fingerprint density at radius 3 is 2.50 bits per heavy atom. The molecule has 0 atom stereocenters. The maximum atomic E-state index is 11.1. The Morgan fingerprint density at radius 2 is 1.95 bits per heavy atom. The van der Waals surface area contributed by atoms with Crippen molar-refractivity contribution >= 4 is 17.0 Å². The Morgan fingerprint density at radius 1 is 1.35 bits per heavy atom. The Hall–Kier alpha value is -1.88. The van der Waals surface area contributed by atoms with Crippen molar-refractivity contribution in [1.82, 2.24) is 9.55 Å². The van der Waals surface area contributed by atoms with Gasteiger partial charge in [0.1, 0.15) is 18.0 Å². The summed E-state index contributed by atoms with van der Waals surface area (Å²) in [5, 5.41) is 9.14. The van der Waals surface area contributed by atoms with Crippen LogP contribution in [0.1, 0.15) is 30.8 Å². The van der Waals surface area contributed by atoms with E-state index in [1.54, 1.807) is 11.7 Å². The minimum Gasteiger partial charge on any atom is -0.480 e. The molecule has 0 saturated carbocycles. The molecule has 1 heterocycles. The number of aryl methyl sites for hydroxylation is 2. The van der Waals surface area contributed by atoms with Crippen molar-refractivity contribution in [2.24, 2.45) is 0 Å². The third-order valence-corrected chi connectivity index (χ3v) is 3.71. The molecule has 0 spiro atoms. The maximum Gasteiger partial charge on any atom is 0.323 e. The number of nitrogens with zero attached hydrogens (tertiary/aromatic N) is 2. The number of methoxy groups -OCH3 is 1. The molecule has 1 N–H and O–H groups in total. The van der Waals surface area contributed by atoms with Crippen LogP contribution in [-0.2, 0) is 21.7 Å². The second kappa shape index (κ2) is 4.90. The number of benzene rings is 1. The number of aromatic nitrogens is 2. The molecule has 0 fully saturated rings. The Kier molecular flexibility index (Phi) is 3.56. The van der Waals surface area contributed by atoms with Gasteiger partial charge in [-0.2, -0.15) is 0 Å². The lowest BCUT2D eigenvalue weighted by Crippen LogP contribution is -2.26. The lowest BCUT2D eigenvalue weighted by atomic mass is 10.1. The van der Waals surface area contributed by atoms with Crippen molar-refractivity contribution in [3.05, 3.63) is 29.1 Å². The van der Waals surface area contributed by atoms with Gasteiger partial charge in [0.2, 0.25) is 0 Å². The van der Waals surface area contributed by atoms with Gasteiger partial charge < -0.3 is 14.4 Å². The highest BCUT2D eigenvalue weighted by molar-refractivity contribution is 5.80. The molecular formula is C15H20N2O3. The van der Waals surface area contributed by atoms with E-state index >= 15 is 0 Å². The van der Waals surface area contributed by atoms with Gasteiger partial charge in [0.25, 0.3) is 0 Å². The first-order valence-electron chi connectivity index (χ1n) is 6.51. The highest BCUT2D eigenvalue weighted by Crippen LogP contribution is 2.28. The first kappa shape index (κ1) is 14.5. The Labute approximate surface area is 118 Å². The molecule has 0 aliphatic heterocycles. The summed E-state index contributed by atoms with van der Waals surface area (Å²) in [7, 11) is 1.60. The van der Waals surface area contributed by atoms with Crippen LogP contribution in [0, 0.1) is 13.8 Å². The molecule has 2 aromatic rings. The zero-order chi connectivity index (χ0) is 15.1. The lowest BCUT2D eigenvalue weighted by molar-refractivity contribution is -0.137. The number of imidazole rings is 1. The number of carboxylic acids is 1. The van der Waals surface area contributed by atoms with Crippen LogP contribution >= 0.6 is 0 Å². The van der Waals surface area contributed by atoms with Crippen LogP contribution in [0.3, 0.4) is 0 Å². The zero-order valence-corrected chi connectivity index (χ0v) is 12.5. The average molecular weight is 276 g/mol. The molecule has 0 amide bonds. The molecule has 5 nitrogen and oxygen atoms in total. The number of aliphatic carboxylic acids is 1. The number of carbonyl (C=O) groups is 1. The average Bonchev–Trinajstić information content (AvgIpc) is 2.68. The zero-order valence-electron chi connectivity index (χ0n) is 12.5. The normalized spacial score (nSPS) is 12.1. The van der Waals surface area contributed by atoms with E-state index in [4.69, 9.17) is 9.84 Å². The topological polar surface area (TPSA) is 64.4 Å². The molecule has 0 aliphatic carbocycles. The standard InChI is InChI=1S/C15H20N2O3/c1-9-6-11-12(7-10(9)2)17(8-13(18)19)14(16-11)15(3,4)20-5/h6-7H,8H2,1-5H3,(H,18,19). The molecule has 5 heteroatoms. The second-order valence-corrected chi connectivity index (χ2v) is 5.55. The molecule has 0 radical (unpaired) electrons. The van der Waals surface area contributed by atoms with Crippen molar-refractivity contribution in [1.29, 1.82) is 0 Å². The Balaban J connectivity index is 2.76. The maximum absolute atomic E-state index is 11.1.